The number of benzene rings is 1. The van der Waals surface area contributed by atoms with Crippen molar-refractivity contribution < 1.29 is 12.9 Å². The van der Waals surface area contributed by atoms with E-state index in [2.05, 4.69) is 20.2 Å². The molecule has 0 saturated heterocycles. The van der Waals surface area contributed by atoms with E-state index in [0.29, 0.717) is 24.7 Å². The molecule has 0 amide bonds. The second-order valence-corrected chi connectivity index (χ2v) is 6.25. The van der Waals surface area contributed by atoms with Crippen LogP contribution in [0.2, 0.25) is 0 Å². The summed E-state index contributed by atoms with van der Waals surface area (Å²) in [5.41, 5.74) is 0.725. The molecule has 1 aromatic heterocycles. The van der Waals surface area contributed by atoms with Gasteiger partial charge in [-0.2, -0.15) is 4.98 Å². The van der Waals surface area contributed by atoms with Crippen LogP contribution in [0.15, 0.2) is 33.7 Å². The lowest BCUT2D eigenvalue weighted by Gasteiger charge is -2.10. The molecule has 0 radical (unpaired) electrons. The lowest BCUT2D eigenvalue weighted by atomic mass is 10.2. The Hall–Kier alpha value is -1.77. The first-order chi connectivity index (χ1) is 10.0. The fourth-order valence-electron chi connectivity index (χ4n) is 1.92. The molecule has 0 atom stereocenters. The van der Waals surface area contributed by atoms with Crippen LogP contribution in [-0.4, -0.2) is 32.2 Å². The van der Waals surface area contributed by atoms with Crippen molar-refractivity contribution in [3.8, 4) is 0 Å². The van der Waals surface area contributed by atoms with Crippen molar-refractivity contribution in [2.75, 3.05) is 13.6 Å². The number of aryl methyl sites for hydroxylation is 1. The highest BCUT2D eigenvalue weighted by Gasteiger charge is 2.17. The first-order valence-corrected chi connectivity index (χ1v) is 8.02. The van der Waals surface area contributed by atoms with E-state index in [1.165, 1.54) is 0 Å². The van der Waals surface area contributed by atoms with Crippen LogP contribution in [0.1, 0.15) is 17.3 Å². The van der Waals surface area contributed by atoms with E-state index in [4.69, 9.17) is 4.52 Å². The fourth-order valence-corrected chi connectivity index (χ4v) is 3.19. The van der Waals surface area contributed by atoms with Gasteiger partial charge in [-0.1, -0.05) is 23.4 Å². The van der Waals surface area contributed by atoms with Gasteiger partial charge in [-0.15, -0.1) is 0 Å². The summed E-state index contributed by atoms with van der Waals surface area (Å²) in [4.78, 5) is 4.31. The van der Waals surface area contributed by atoms with Gasteiger partial charge in [-0.25, -0.2) is 13.1 Å². The van der Waals surface area contributed by atoms with Crippen LogP contribution in [0, 0.1) is 6.92 Å². The van der Waals surface area contributed by atoms with E-state index >= 15 is 0 Å². The van der Waals surface area contributed by atoms with Crippen molar-refractivity contribution in [1.82, 2.24) is 20.2 Å². The van der Waals surface area contributed by atoms with Gasteiger partial charge in [-0.05, 0) is 18.7 Å². The van der Waals surface area contributed by atoms with E-state index < -0.39 is 10.0 Å². The maximum atomic E-state index is 12.3. The van der Waals surface area contributed by atoms with Crippen LogP contribution in [-0.2, 0) is 23.0 Å². The molecule has 1 heterocycles. The average Bonchev–Trinajstić information content (AvgIpc) is 2.85. The highest BCUT2D eigenvalue weighted by atomic mass is 32.2. The Labute approximate surface area is 123 Å². The Morgan fingerprint density at radius 1 is 1.29 bits per heavy atom. The van der Waals surface area contributed by atoms with E-state index in [0.717, 1.165) is 5.56 Å². The number of rotatable bonds is 7. The summed E-state index contributed by atoms with van der Waals surface area (Å²) >= 11 is 0. The van der Waals surface area contributed by atoms with Crippen LogP contribution < -0.4 is 10.0 Å². The number of nitrogens with one attached hydrogen (secondary N) is 2. The van der Waals surface area contributed by atoms with E-state index in [1.807, 2.05) is 6.07 Å². The Morgan fingerprint density at radius 2 is 2.05 bits per heavy atom. The molecule has 0 saturated carbocycles. The number of aromatic nitrogens is 2. The summed E-state index contributed by atoms with van der Waals surface area (Å²) in [6.07, 6.45) is 0.380. The van der Waals surface area contributed by atoms with Gasteiger partial charge >= 0.3 is 0 Å². The summed E-state index contributed by atoms with van der Waals surface area (Å²) in [7, 11) is -1.78. The third-order valence-corrected chi connectivity index (χ3v) is 4.40. The third-order valence-electron chi connectivity index (χ3n) is 2.84. The van der Waals surface area contributed by atoms with Gasteiger partial charge in [0.2, 0.25) is 15.9 Å². The van der Waals surface area contributed by atoms with Gasteiger partial charge in [0.25, 0.3) is 0 Å². The lowest BCUT2D eigenvalue weighted by molar-refractivity contribution is 0.387. The van der Waals surface area contributed by atoms with Crippen molar-refractivity contribution >= 4 is 10.0 Å². The smallest absolute Gasteiger partial charge is 0.240 e. The van der Waals surface area contributed by atoms with Crippen molar-refractivity contribution in [3.05, 3.63) is 41.5 Å². The largest absolute Gasteiger partial charge is 0.340 e. The summed E-state index contributed by atoms with van der Waals surface area (Å²) in [6, 6.07) is 6.89. The minimum Gasteiger partial charge on any atom is -0.340 e. The van der Waals surface area contributed by atoms with Gasteiger partial charge < -0.3 is 9.84 Å². The fraction of sp³-hybridized carbons (Fsp3) is 0.385. The average molecular weight is 310 g/mol. The van der Waals surface area contributed by atoms with Crippen molar-refractivity contribution in [3.63, 3.8) is 0 Å². The molecule has 7 nitrogen and oxygen atoms in total. The molecule has 114 valence electrons. The maximum absolute atomic E-state index is 12.3. The Bertz CT molecular complexity index is 697. The van der Waals surface area contributed by atoms with Gasteiger partial charge in [0.15, 0.2) is 5.82 Å². The minimum atomic E-state index is -3.55. The van der Waals surface area contributed by atoms with Crippen LogP contribution in [0.5, 0.6) is 0 Å². The summed E-state index contributed by atoms with van der Waals surface area (Å²) in [6.45, 7) is 2.39. The molecule has 0 unspecified atom stereocenters. The second kappa shape index (κ2) is 6.79. The molecule has 21 heavy (non-hydrogen) atoms. The zero-order valence-corrected chi connectivity index (χ0v) is 12.8. The van der Waals surface area contributed by atoms with Crippen LogP contribution in [0.25, 0.3) is 0 Å². The number of hydrogen-bond donors (Lipinski definition) is 2. The number of nitrogens with zero attached hydrogens (tertiary/aromatic N) is 2. The molecule has 0 aliphatic carbocycles. The molecule has 0 aliphatic heterocycles. The maximum Gasteiger partial charge on any atom is 0.240 e. The lowest BCUT2D eigenvalue weighted by Crippen LogP contribution is -2.27. The highest BCUT2D eigenvalue weighted by Crippen LogP contribution is 2.14. The molecule has 2 rings (SSSR count). The molecule has 0 spiro atoms. The summed E-state index contributed by atoms with van der Waals surface area (Å²) in [5, 5.41) is 6.68. The van der Waals surface area contributed by atoms with Crippen LogP contribution >= 0.6 is 0 Å². The minimum absolute atomic E-state index is 0.217. The van der Waals surface area contributed by atoms with Crippen molar-refractivity contribution in [2.45, 2.75) is 24.8 Å². The quantitative estimate of drug-likeness (QED) is 0.778. The number of hydrogen-bond acceptors (Lipinski definition) is 6. The molecule has 2 N–H and O–H groups in total. The Balaban J connectivity index is 2.04. The molecular formula is C13H18N4O3S. The molecule has 1 aromatic carbocycles. The predicted octanol–water partition coefficient (Wildman–Crippen LogP) is 0.618. The monoisotopic (exact) mass is 310 g/mol. The van der Waals surface area contributed by atoms with Crippen molar-refractivity contribution in [2.24, 2.45) is 0 Å². The second-order valence-electron chi connectivity index (χ2n) is 4.52. The molecule has 0 fully saturated rings. The van der Waals surface area contributed by atoms with Gasteiger partial charge in [-0.3, -0.25) is 0 Å². The SMILES string of the molecule is CNCc1ccccc1S(=O)(=O)NCCc1noc(C)n1. The molecular weight excluding hydrogens is 292 g/mol. The normalized spacial score (nSPS) is 11.7. The van der Waals surface area contributed by atoms with Gasteiger partial charge in [0.05, 0.1) is 4.90 Å². The van der Waals surface area contributed by atoms with E-state index in [1.54, 1.807) is 32.2 Å². The Morgan fingerprint density at radius 3 is 2.71 bits per heavy atom. The zero-order valence-electron chi connectivity index (χ0n) is 12.0. The van der Waals surface area contributed by atoms with E-state index in [-0.39, 0.29) is 11.4 Å². The third kappa shape index (κ3) is 4.10. The summed E-state index contributed by atoms with van der Waals surface area (Å²) < 4.78 is 32.0. The van der Waals surface area contributed by atoms with E-state index in [9.17, 15) is 8.42 Å². The molecule has 8 heteroatoms. The zero-order chi connectivity index (χ0) is 15.3. The topological polar surface area (TPSA) is 97.1 Å². The first-order valence-electron chi connectivity index (χ1n) is 6.54. The van der Waals surface area contributed by atoms with Crippen LogP contribution in [0.3, 0.4) is 0 Å². The van der Waals surface area contributed by atoms with Gasteiger partial charge in [0, 0.05) is 26.4 Å². The number of sulfonamides is 1. The van der Waals surface area contributed by atoms with Gasteiger partial charge in [0.1, 0.15) is 0 Å². The predicted molar refractivity (Wildman–Crippen MR) is 77.1 cm³/mol. The van der Waals surface area contributed by atoms with Crippen molar-refractivity contribution in [1.29, 1.82) is 0 Å². The molecule has 2 aromatic rings. The Kier molecular flexibility index (Phi) is 5.05. The summed E-state index contributed by atoms with van der Waals surface area (Å²) in [5.74, 6) is 0.950. The highest BCUT2D eigenvalue weighted by molar-refractivity contribution is 7.89. The molecule has 0 aliphatic rings. The first kappa shape index (κ1) is 15.6. The molecule has 0 bridgehead atoms. The van der Waals surface area contributed by atoms with Crippen LogP contribution in [0.4, 0.5) is 0 Å². The standard InChI is InChI=1S/C13H18N4O3S/c1-10-16-13(17-20-10)7-8-15-21(18,19)12-6-4-3-5-11(12)9-14-2/h3-6,14-15H,7-9H2,1-2H3.